The van der Waals surface area contributed by atoms with Crippen LogP contribution in [0.2, 0.25) is 0 Å². The van der Waals surface area contributed by atoms with Gasteiger partial charge in [0.05, 0.1) is 11.6 Å². The molecule has 1 fully saturated rings. The van der Waals surface area contributed by atoms with E-state index in [0.29, 0.717) is 23.6 Å². The number of nitrogens with zero attached hydrogens (tertiary/aromatic N) is 2. The molecule has 0 spiro atoms. The number of fused-ring (bicyclic) bond motifs is 1. The number of rotatable bonds is 7. The van der Waals surface area contributed by atoms with Crippen molar-refractivity contribution in [3.05, 3.63) is 71.0 Å². The first-order valence-corrected chi connectivity index (χ1v) is 10.8. The Morgan fingerprint density at radius 1 is 1.15 bits per heavy atom. The maximum Gasteiger partial charge on any atom is 0.387 e. The van der Waals surface area contributed by atoms with Gasteiger partial charge < -0.3 is 9.26 Å². The molecule has 2 aromatic carbocycles. The molecule has 5 rings (SSSR count). The standard InChI is InChI=1S/C25H20F3N2O3/c1-2-19-16(24(32-25(27)28)21-20(31)10-9-18(26)22(21)30-19)11-13-3-5-14(6-4-13)17-12-29-33-23(17)15-7-8-15/h3-6,9-10,12,15,25H,2,7-8,11H2,1H3. The predicted molar refractivity (Wildman–Crippen MR) is 115 cm³/mol. The van der Waals surface area contributed by atoms with E-state index in [1.807, 2.05) is 24.3 Å². The molecule has 1 saturated carbocycles. The average Bonchev–Trinajstić information content (AvgIpc) is 3.53. The second-order valence-electron chi connectivity index (χ2n) is 8.12. The Hall–Kier alpha value is -3.55. The fourth-order valence-corrected chi connectivity index (χ4v) is 4.17. The van der Waals surface area contributed by atoms with Crippen molar-refractivity contribution in [2.24, 2.45) is 0 Å². The van der Waals surface area contributed by atoms with Crippen LogP contribution in [0.25, 0.3) is 22.0 Å². The van der Waals surface area contributed by atoms with E-state index in [-0.39, 0.29) is 23.1 Å². The highest BCUT2D eigenvalue weighted by molar-refractivity contribution is 5.92. The minimum absolute atomic E-state index is 0.198. The molecule has 0 saturated heterocycles. The first kappa shape index (κ1) is 21.3. The molecule has 8 heteroatoms. The van der Waals surface area contributed by atoms with E-state index in [4.69, 9.17) is 9.26 Å². The minimum atomic E-state index is -3.17. The van der Waals surface area contributed by atoms with Crippen LogP contribution in [0.4, 0.5) is 13.2 Å². The van der Waals surface area contributed by atoms with Crippen molar-refractivity contribution in [2.75, 3.05) is 0 Å². The predicted octanol–water partition coefficient (Wildman–Crippen LogP) is 6.80. The molecule has 0 N–H and O–H groups in total. The summed E-state index contributed by atoms with van der Waals surface area (Å²) in [6, 6.07) is 9.57. The van der Waals surface area contributed by atoms with Crippen LogP contribution >= 0.6 is 0 Å². The Morgan fingerprint density at radius 2 is 1.91 bits per heavy atom. The number of benzene rings is 2. The van der Waals surface area contributed by atoms with E-state index in [1.54, 1.807) is 13.1 Å². The third kappa shape index (κ3) is 4.01. The number of hydrogen-bond donors (Lipinski definition) is 0. The second-order valence-corrected chi connectivity index (χ2v) is 8.12. The van der Waals surface area contributed by atoms with Crippen molar-refractivity contribution in [3.8, 4) is 22.6 Å². The molecule has 0 atom stereocenters. The van der Waals surface area contributed by atoms with Gasteiger partial charge in [0.1, 0.15) is 22.8 Å². The van der Waals surface area contributed by atoms with E-state index in [9.17, 15) is 18.3 Å². The molecule has 5 nitrogen and oxygen atoms in total. The zero-order valence-electron chi connectivity index (χ0n) is 17.8. The summed E-state index contributed by atoms with van der Waals surface area (Å²) in [5, 5.41) is 16.1. The van der Waals surface area contributed by atoms with Gasteiger partial charge in [-0.1, -0.05) is 36.3 Å². The van der Waals surface area contributed by atoms with Crippen molar-refractivity contribution in [2.45, 2.75) is 45.1 Å². The van der Waals surface area contributed by atoms with E-state index >= 15 is 0 Å². The Labute approximate surface area is 187 Å². The fraction of sp³-hybridized carbons (Fsp3) is 0.280. The average molecular weight is 453 g/mol. The Balaban J connectivity index is 1.56. The van der Waals surface area contributed by atoms with Gasteiger partial charge in [0, 0.05) is 29.2 Å². The van der Waals surface area contributed by atoms with Crippen molar-refractivity contribution in [3.63, 3.8) is 0 Å². The largest absolute Gasteiger partial charge is 0.434 e. The Kier molecular flexibility index (Phi) is 5.44. The molecular weight excluding hydrogens is 433 g/mol. The second kappa shape index (κ2) is 8.42. The Morgan fingerprint density at radius 3 is 2.58 bits per heavy atom. The normalized spacial score (nSPS) is 13.7. The van der Waals surface area contributed by atoms with Gasteiger partial charge in [0.15, 0.2) is 5.75 Å². The summed E-state index contributed by atoms with van der Waals surface area (Å²) in [6.07, 6.45) is 4.43. The lowest BCUT2D eigenvalue weighted by Crippen LogP contribution is -2.10. The van der Waals surface area contributed by atoms with Crippen LogP contribution in [0.15, 0.2) is 47.1 Å². The first-order chi connectivity index (χ1) is 16.0. The van der Waals surface area contributed by atoms with Crippen LogP contribution in [0.5, 0.6) is 11.5 Å². The molecule has 1 aliphatic carbocycles. The summed E-state index contributed by atoms with van der Waals surface area (Å²) in [7, 11) is 0. The van der Waals surface area contributed by atoms with Crippen LogP contribution in [0, 0.1) is 5.82 Å². The van der Waals surface area contributed by atoms with Gasteiger partial charge in [-0.25, -0.2) is 9.37 Å². The number of aromatic nitrogens is 2. The highest BCUT2D eigenvalue weighted by Crippen LogP contribution is 2.44. The number of pyridine rings is 1. The first-order valence-electron chi connectivity index (χ1n) is 10.8. The third-order valence-corrected chi connectivity index (χ3v) is 5.92. The van der Waals surface area contributed by atoms with Gasteiger partial charge in [0.25, 0.3) is 0 Å². The van der Waals surface area contributed by atoms with Gasteiger partial charge in [-0.3, -0.25) is 5.11 Å². The third-order valence-electron chi connectivity index (χ3n) is 5.92. The van der Waals surface area contributed by atoms with E-state index in [1.165, 1.54) is 0 Å². The Bertz CT molecular complexity index is 1310. The summed E-state index contributed by atoms with van der Waals surface area (Å²) < 4.78 is 51.2. The van der Waals surface area contributed by atoms with Gasteiger partial charge in [0.2, 0.25) is 0 Å². The van der Waals surface area contributed by atoms with Crippen LogP contribution in [0.3, 0.4) is 0 Å². The summed E-state index contributed by atoms with van der Waals surface area (Å²) in [6.45, 7) is -1.38. The SMILES string of the molecule is CCc1nc2c(F)ccc([O])c2c(OC(F)F)c1Cc1ccc(-c2cnoc2C2CC2)cc1. The number of hydrogen-bond acceptors (Lipinski definition) is 4. The van der Waals surface area contributed by atoms with Gasteiger partial charge in [-0.05, 0) is 42.5 Å². The van der Waals surface area contributed by atoms with Crippen LogP contribution in [-0.4, -0.2) is 16.8 Å². The zero-order chi connectivity index (χ0) is 23.1. The fourth-order valence-electron chi connectivity index (χ4n) is 4.17. The maximum atomic E-state index is 14.4. The van der Waals surface area contributed by atoms with Crippen molar-refractivity contribution < 1.29 is 27.5 Å². The summed E-state index contributed by atoms with van der Waals surface area (Å²) >= 11 is 0. The molecular formula is C25H20F3N2O3. The molecule has 33 heavy (non-hydrogen) atoms. The lowest BCUT2D eigenvalue weighted by molar-refractivity contribution is -0.0494. The lowest BCUT2D eigenvalue weighted by atomic mass is 9.96. The van der Waals surface area contributed by atoms with Gasteiger partial charge in [-0.2, -0.15) is 8.78 Å². The maximum absolute atomic E-state index is 14.4. The van der Waals surface area contributed by atoms with E-state index < -0.39 is 18.2 Å². The lowest BCUT2D eigenvalue weighted by Gasteiger charge is -2.17. The molecule has 0 bridgehead atoms. The van der Waals surface area contributed by atoms with Gasteiger partial charge >= 0.3 is 6.61 Å². The van der Waals surface area contributed by atoms with Gasteiger partial charge in [-0.15, -0.1) is 0 Å². The molecule has 0 unspecified atom stereocenters. The topological polar surface area (TPSA) is 68.0 Å². The zero-order valence-corrected chi connectivity index (χ0v) is 17.8. The van der Waals surface area contributed by atoms with Crippen LogP contribution < -0.4 is 4.74 Å². The van der Waals surface area contributed by atoms with E-state index in [2.05, 4.69) is 10.1 Å². The number of ether oxygens (including phenoxy) is 1. The summed E-state index contributed by atoms with van der Waals surface area (Å²) in [4.78, 5) is 4.29. The number of alkyl halides is 2. The van der Waals surface area contributed by atoms with Crippen molar-refractivity contribution in [1.82, 2.24) is 10.1 Å². The molecule has 4 aromatic rings. The summed E-state index contributed by atoms with van der Waals surface area (Å²) in [5.41, 5.74) is 3.20. The molecule has 1 radical (unpaired) electrons. The number of aryl methyl sites for hydroxylation is 1. The highest BCUT2D eigenvalue weighted by Gasteiger charge is 2.30. The molecule has 2 aromatic heterocycles. The highest BCUT2D eigenvalue weighted by atomic mass is 19.3. The van der Waals surface area contributed by atoms with E-state index in [0.717, 1.165) is 47.4 Å². The molecule has 0 amide bonds. The molecule has 1 aliphatic rings. The number of halogens is 3. The smallest absolute Gasteiger partial charge is 0.387 e. The summed E-state index contributed by atoms with van der Waals surface area (Å²) in [5.74, 6) is -0.389. The molecule has 2 heterocycles. The molecule has 169 valence electrons. The van der Waals surface area contributed by atoms with Crippen molar-refractivity contribution in [1.29, 1.82) is 0 Å². The van der Waals surface area contributed by atoms with Crippen LogP contribution in [-0.2, 0) is 17.9 Å². The van der Waals surface area contributed by atoms with Crippen molar-refractivity contribution >= 4 is 10.9 Å². The quantitative estimate of drug-likeness (QED) is 0.308. The van der Waals surface area contributed by atoms with Crippen LogP contribution in [0.1, 0.15) is 48.3 Å². The monoisotopic (exact) mass is 453 g/mol. The molecule has 0 aliphatic heterocycles. The minimum Gasteiger partial charge on any atom is -0.434 e.